The zero-order valence-corrected chi connectivity index (χ0v) is 11.5. The number of carboxylic acid groups (broad SMARTS) is 1. The van der Waals surface area contributed by atoms with E-state index in [0.29, 0.717) is 6.61 Å². The van der Waals surface area contributed by atoms with Gasteiger partial charge in [-0.1, -0.05) is 25.0 Å². The zero-order valence-electron chi connectivity index (χ0n) is 11.5. The maximum absolute atomic E-state index is 11.4. The van der Waals surface area contributed by atoms with Crippen LogP contribution in [0.2, 0.25) is 0 Å². The molecule has 0 saturated heterocycles. The third-order valence-corrected chi connectivity index (χ3v) is 4.07. The molecular formula is C16H22O3. The molecule has 1 aliphatic rings. The van der Waals surface area contributed by atoms with Crippen LogP contribution < -0.4 is 4.74 Å². The van der Waals surface area contributed by atoms with Gasteiger partial charge in [0.1, 0.15) is 5.75 Å². The van der Waals surface area contributed by atoms with Gasteiger partial charge in [0, 0.05) is 0 Å². The highest BCUT2D eigenvalue weighted by molar-refractivity contribution is 5.74. The van der Waals surface area contributed by atoms with E-state index in [1.165, 1.54) is 5.56 Å². The highest BCUT2D eigenvalue weighted by Gasteiger charge is 2.40. The van der Waals surface area contributed by atoms with Gasteiger partial charge in [-0.15, -0.1) is 0 Å². The first kappa shape index (κ1) is 13.9. The van der Waals surface area contributed by atoms with Gasteiger partial charge < -0.3 is 9.84 Å². The number of ether oxygens (including phenoxy) is 1. The van der Waals surface area contributed by atoms with Gasteiger partial charge in [0.05, 0.1) is 12.0 Å². The second kappa shape index (κ2) is 6.09. The van der Waals surface area contributed by atoms with Crippen molar-refractivity contribution in [2.45, 2.75) is 45.4 Å². The summed E-state index contributed by atoms with van der Waals surface area (Å²) in [7, 11) is 0. The number of hydrogen-bond acceptors (Lipinski definition) is 2. The van der Waals surface area contributed by atoms with Crippen molar-refractivity contribution in [3.63, 3.8) is 0 Å². The molecule has 0 spiro atoms. The largest absolute Gasteiger partial charge is 0.494 e. The van der Waals surface area contributed by atoms with E-state index in [-0.39, 0.29) is 0 Å². The van der Waals surface area contributed by atoms with Gasteiger partial charge in [0.25, 0.3) is 0 Å². The lowest BCUT2D eigenvalue weighted by atomic mass is 9.82. The Kier molecular flexibility index (Phi) is 4.46. The molecular weight excluding hydrogens is 240 g/mol. The highest BCUT2D eigenvalue weighted by Crippen LogP contribution is 2.42. The third kappa shape index (κ3) is 3.49. The van der Waals surface area contributed by atoms with Crippen molar-refractivity contribution in [2.24, 2.45) is 5.41 Å². The van der Waals surface area contributed by atoms with E-state index in [0.717, 1.165) is 44.3 Å². The molecule has 19 heavy (non-hydrogen) atoms. The normalized spacial score (nSPS) is 17.3. The van der Waals surface area contributed by atoms with Crippen LogP contribution in [0.5, 0.6) is 5.75 Å². The fourth-order valence-electron chi connectivity index (χ4n) is 2.93. The highest BCUT2D eigenvalue weighted by atomic mass is 16.5. The molecule has 104 valence electrons. The van der Waals surface area contributed by atoms with Crippen molar-refractivity contribution in [3.05, 3.63) is 29.8 Å². The van der Waals surface area contributed by atoms with E-state index >= 15 is 0 Å². The summed E-state index contributed by atoms with van der Waals surface area (Å²) in [5.41, 5.74) is 0.700. The van der Waals surface area contributed by atoms with Crippen LogP contribution in [0.4, 0.5) is 0 Å². The molecule has 1 saturated carbocycles. The van der Waals surface area contributed by atoms with Crippen LogP contribution >= 0.6 is 0 Å². The van der Waals surface area contributed by atoms with Gasteiger partial charge in [-0.3, -0.25) is 4.79 Å². The van der Waals surface area contributed by atoms with E-state index in [1.54, 1.807) is 0 Å². The number of carboxylic acids is 1. The van der Waals surface area contributed by atoms with Crippen molar-refractivity contribution in [1.29, 1.82) is 0 Å². The van der Waals surface area contributed by atoms with Crippen LogP contribution in [0.1, 0.15) is 44.1 Å². The number of aliphatic carboxylic acids is 1. The molecule has 0 aromatic heterocycles. The van der Waals surface area contributed by atoms with Crippen molar-refractivity contribution < 1.29 is 14.6 Å². The van der Waals surface area contributed by atoms with Crippen LogP contribution in [-0.2, 0) is 4.79 Å². The van der Waals surface area contributed by atoms with Crippen LogP contribution in [0.3, 0.4) is 0 Å². The Hall–Kier alpha value is -1.51. The summed E-state index contributed by atoms with van der Waals surface area (Å²) >= 11 is 0. The first-order chi connectivity index (χ1) is 9.12. The number of hydrogen-bond donors (Lipinski definition) is 1. The van der Waals surface area contributed by atoms with E-state index in [4.69, 9.17) is 4.74 Å². The van der Waals surface area contributed by atoms with Crippen molar-refractivity contribution in [2.75, 3.05) is 6.61 Å². The summed E-state index contributed by atoms with van der Waals surface area (Å²) in [5.74, 6) is 0.247. The van der Waals surface area contributed by atoms with E-state index in [2.05, 4.69) is 0 Å². The van der Waals surface area contributed by atoms with E-state index in [1.807, 2.05) is 31.2 Å². The van der Waals surface area contributed by atoms with E-state index < -0.39 is 11.4 Å². The molecule has 3 nitrogen and oxygen atoms in total. The van der Waals surface area contributed by atoms with Gasteiger partial charge in [0.15, 0.2) is 0 Å². The van der Waals surface area contributed by atoms with E-state index in [9.17, 15) is 9.90 Å². The first-order valence-electron chi connectivity index (χ1n) is 7.05. The minimum Gasteiger partial charge on any atom is -0.494 e. The predicted octanol–water partition coefficient (Wildman–Crippen LogP) is 3.80. The number of aryl methyl sites for hydroxylation is 1. The van der Waals surface area contributed by atoms with Crippen LogP contribution in [0, 0.1) is 12.3 Å². The number of rotatable bonds is 6. The summed E-state index contributed by atoms with van der Waals surface area (Å²) < 4.78 is 5.68. The monoisotopic (exact) mass is 262 g/mol. The van der Waals surface area contributed by atoms with Crippen molar-refractivity contribution in [3.8, 4) is 5.75 Å². The Labute approximate surface area is 114 Å². The van der Waals surface area contributed by atoms with Crippen LogP contribution in [0.15, 0.2) is 24.3 Å². The van der Waals surface area contributed by atoms with Crippen LogP contribution in [-0.4, -0.2) is 17.7 Å². The van der Waals surface area contributed by atoms with Gasteiger partial charge in [-0.2, -0.15) is 0 Å². The molecule has 2 rings (SSSR count). The Bertz CT molecular complexity index is 433. The quantitative estimate of drug-likeness (QED) is 0.793. The zero-order chi connectivity index (χ0) is 13.7. The fraction of sp³-hybridized carbons (Fsp3) is 0.562. The van der Waals surface area contributed by atoms with Gasteiger partial charge in [0.2, 0.25) is 0 Å². The average Bonchev–Trinajstić information content (AvgIpc) is 2.85. The van der Waals surface area contributed by atoms with Crippen molar-refractivity contribution in [1.82, 2.24) is 0 Å². The molecule has 0 amide bonds. The predicted molar refractivity (Wildman–Crippen MR) is 74.4 cm³/mol. The molecule has 1 aromatic rings. The van der Waals surface area contributed by atoms with Gasteiger partial charge >= 0.3 is 5.97 Å². The summed E-state index contributed by atoms with van der Waals surface area (Å²) in [6.07, 6.45) is 5.28. The lowest BCUT2D eigenvalue weighted by Gasteiger charge is -2.23. The van der Waals surface area contributed by atoms with Crippen molar-refractivity contribution >= 4 is 5.97 Å². The molecule has 0 radical (unpaired) electrons. The third-order valence-electron chi connectivity index (χ3n) is 4.07. The molecule has 0 bridgehead atoms. The van der Waals surface area contributed by atoms with Gasteiger partial charge in [-0.05, 0) is 50.3 Å². The molecule has 1 N–H and O–H groups in total. The van der Waals surface area contributed by atoms with Crippen LogP contribution in [0.25, 0.3) is 0 Å². The Balaban J connectivity index is 1.78. The standard InChI is InChI=1S/C16H22O3/c1-13-6-4-7-14(12-13)19-11-5-10-16(15(17)18)8-2-3-9-16/h4,6-7,12H,2-3,5,8-11H2,1H3,(H,17,18). The molecule has 0 unspecified atom stereocenters. The summed E-state index contributed by atoms with van der Waals surface area (Å²) in [6.45, 7) is 2.63. The molecule has 0 aliphatic heterocycles. The summed E-state index contributed by atoms with van der Waals surface area (Å²) in [6, 6.07) is 7.95. The van der Waals surface area contributed by atoms with Gasteiger partial charge in [-0.25, -0.2) is 0 Å². The number of carbonyl (C=O) groups is 1. The number of benzene rings is 1. The minimum atomic E-state index is -0.624. The lowest BCUT2D eigenvalue weighted by molar-refractivity contribution is -0.149. The smallest absolute Gasteiger partial charge is 0.309 e. The minimum absolute atomic E-state index is 0.476. The SMILES string of the molecule is Cc1cccc(OCCCC2(C(=O)O)CCCC2)c1. The Morgan fingerprint density at radius 3 is 2.74 bits per heavy atom. The maximum Gasteiger partial charge on any atom is 0.309 e. The molecule has 0 atom stereocenters. The molecule has 0 heterocycles. The Morgan fingerprint density at radius 1 is 1.37 bits per heavy atom. The second-order valence-electron chi connectivity index (χ2n) is 5.56. The topological polar surface area (TPSA) is 46.5 Å². The fourth-order valence-corrected chi connectivity index (χ4v) is 2.93. The molecule has 1 fully saturated rings. The molecule has 1 aromatic carbocycles. The summed E-state index contributed by atoms with van der Waals surface area (Å²) in [5, 5.41) is 9.38. The lowest BCUT2D eigenvalue weighted by Crippen LogP contribution is -2.28. The molecule has 3 heteroatoms. The summed E-state index contributed by atoms with van der Waals surface area (Å²) in [4.78, 5) is 11.4. The second-order valence-corrected chi connectivity index (χ2v) is 5.56. The average molecular weight is 262 g/mol. The maximum atomic E-state index is 11.4. The Morgan fingerprint density at radius 2 is 2.11 bits per heavy atom. The molecule has 1 aliphatic carbocycles. The first-order valence-corrected chi connectivity index (χ1v) is 7.05.